The largest absolute Gasteiger partial charge is 0.465 e. The Morgan fingerprint density at radius 3 is 2.54 bits per heavy atom. The minimum atomic E-state index is -0.891. The Bertz CT molecular complexity index is 268. The molecule has 0 aromatic heterocycles. The van der Waals surface area contributed by atoms with Gasteiger partial charge in [-0.15, -0.1) is 6.42 Å². The van der Waals surface area contributed by atoms with E-state index in [2.05, 4.69) is 5.92 Å². The molecular formula is C10H13NO2. The number of esters is 1. The molecular weight excluding hydrogens is 166 g/mol. The molecule has 1 unspecified atom stereocenters. The van der Waals surface area contributed by atoms with E-state index in [-0.39, 0.29) is 6.61 Å². The lowest BCUT2D eigenvalue weighted by atomic mass is 9.80. The first-order valence-corrected chi connectivity index (χ1v) is 4.03. The van der Waals surface area contributed by atoms with Crippen molar-refractivity contribution >= 4 is 5.97 Å². The van der Waals surface area contributed by atoms with Crippen molar-refractivity contribution in [3.8, 4) is 18.4 Å². The van der Waals surface area contributed by atoms with Crippen molar-refractivity contribution in [3.63, 3.8) is 0 Å². The Morgan fingerprint density at radius 1 is 1.69 bits per heavy atom. The summed E-state index contributed by atoms with van der Waals surface area (Å²) in [6.45, 7) is 5.28. The van der Waals surface area contributed by atoms with E-state index in [0.717, 1.165) is 0 Å². The predicted molar refractivity (Wildman–Crippen MR) is 48.4 cm³/mol. The molecule has 3 heteroatoms. The Labute approximate surface area is 78.7 Å². The Balaban J connectivity index is 4.66. The first-order valence-electron chi connectivity index (χ1n) is 4.03. The molecule has 13 heavy (non-hydrogen) atoms. The van der Waals surface area contributed by atoms with Crippen molar-refractivity contribution in [1.29, 1.82) is 5.26 Å². The Kier molecular flexibility index (Phi) is 4.01. The summed E-state index contributed by atoms with van der Waals surface area (Å²) in [5.41, 5.74) is -0.777. The second-order valence-electron chi connectivity index (χ2n) is 3.18. The second kappa shape index (κ2) is 4.52. The highest BCUT2D eigenvalue weighted by Gasteiger charge is 2.34. The van der Waals surface area contributed by atoms with E-state index < -0.39 is 17.3 Å². The maximum absolute atomic E-state index is 11.2. The zero-order valence-corrected chi connectivity index (χ0v) is 8.13. The van der Waals surface area contributed by atoms with Crippen molar-refractivity contribution < 1.29 is 9.53 Å². The van der Waals surface area contributed by atoms with Gasteiger partial charge in [0.05, 0.1) is 18.1 Å². The molecule has 0 bridgehead atoms. The van der Waals surface area contributed by atoms with E-state index >= 15 is 0 Å². The number of rotatable bonds is 3. The number of hydrogen-bond acceptors (Lipinski definition) is 3. The van der Waals surface area contributed by atoms with E-state index in [9.17, 15) is 4.79 Å². The van der Waals surface area contributed by atoms with Gasteiger partial charge in [0.1, 0.15) is 0 Å². The highest BCUT2D eigenvalue weighted by atomic mass is 16.5. The molecule has 0 aromatic rings. The fraction of sp³-hybridized carbons (Fsp3) is 0.600. The van der Waals surface area contributed by atoms with Gasteiger partial charge in [-0.3, -0.25) is 4.79 Å². The third-order valence-electron chi connectivity index (χ3n) is 1.75. The Hall–Kier alpha value is -1.48. The smallest absolute Gasteiger partial charge is 0.324 e. The molecule has 0 aliphatic carbocycles. The van der Waals surface area contributed by atoms with E-state index in [1.54, 1.807) is 20.8 Å². The summed E-state index contributed by atoms with van der Waals surface area (Å²) in [5, 5.41) is 8.74. The summed E-state index contributed by atoms with van der Waals surface area (Å²) in [4.78, 5) is 11.2. The highest BCUT2D eigenvalue weighted by molar-refractivity contribution is 5.76. The van der Waals surface area contributed by atoms with Crippen LogP contribution in [0.25, 0.3) is 0 Å². The topological polar surface area (TPSA) is 50.1 Å². The summed E-state index contributed by atoms with van der Waals surface area (Å²) in [6, 6.07) is 1.86. The summed E-state index contributed by atoms with van der Waals surface area (Å²) in [6.07, 6.45) is 5.21. The van der Waals surface area contributed by atoms with Gasteiger partial charge in [0.15, 0.2) is 5.92 Å². The molecule has 0 saturated carbocycles. The van der Waals surface area contributed by atoms with Crippen LogP contribution in [-0.2, 0) is 9.53 Å². The van der Waals surface area contributed by atoms with Crippen molar-refractivity contribution in [2.24, 2.45) is 11.3 Å². The summed E-state index contributed by atoms with van der Waals surface area (Å²) < 4.78 is 4.73. The maximum atomic E-state index is 11.2. The van der Waals surface area contributed by atoms with Crippen LogP contribution in [0.2, 0.25) is 0 Å². The number of carbonyl (C=O) groups excluding carboxylic acids is 1. The van der Waals surface area contributed by atoms with E-state index in [0.29, 0.717) is 0 Å². The zero-order valence-electron chi connectivity index (χ0n) is 8.13. The molecule has 0 aromatic carbocycles. The molecule has 0 rings (SSSR count). The summed E-state index contributed by atoms with van der Waals surface area (Å²) in [5.74, 6) is 0.969. The van der Waals surface area contributed by atoms with Crippen LogP contribution in [0.4, 0.5) is 0 Å². The molecule has 0 aliphatic heterocycles. The first kappa shape index (κ1) is 11.5. The number of nitriles is 1. The Morgan fingerprint density at radius 2 is 2.23 bits per heavy atom. The average molecular weight is 179 g/mol. The molecule has 0 aliphatic rings. The van der Waals surface area contributed by atoms with Crippen molar-refractivity contribution in [1.82, 2.24) is 0 Å². The average Bonchev–Trinajstić information content (AvgIpc) is 2.05. The van der Waals surface area contributed by atoms with Gasteiger partial charge in [-0.05, 0) is 20.8 Å². The van der Waals surface area contributed by atoms with E-state index in [4.69, 9.17) is 16.4 Å². The van der Waals surface area contributed by atoms with Crippen LogP contribution in [0.15, 0.2) is 0 Å². The normalized spacial score (nSPS) is 12.4. The van der Waals surface area contributed by atoms with Crippen molar-refractivity contribution in [2.45, 2.75) is 20.8 Å². The van der Waals surface area contributed by atoms with Gasteiger partial charge < -0.3 is 4.74 Å². The van der Waals surface area contributed by atoms with Gasteiger partial charge in [-0.25, -0.2) is 0 Å². The van der Waals surface area contributed by atoms with Gasteiger partial charge in [0.25, 0.3) is 0 Å². The maximum Gasteiger partial charge on any atom is 0.324 e. The fourth-order valence-corrected chi connectivity index (χ4v) is 0.818. The van der Waals surface area contributed by atoms with Crippen LogP contribution >= 0.6 is 0 Å². The first-order chi connectivity index (χ1) is 5.99. The molecule has 0 heterocycles. The van der Waals surface area contributed by atoms with Gasteiger partial charge in [-0.2, -0.15) is 5.26 Å². The third kappa shape index (κ3) is 2.80. The lowest BCUT2D eigenvalue weighted by Gasteiger charge is -2.21. The van der Waals surface area contributed by atoms with Crippen LogP contribution in [0.1, 0.15) is 20.8 Å². The van der Waals surface area contributed by atoms with Gasteiger partial charge >= 0.3 is 5.97 Å². The van der Waals surface area contributed by atoms with Crippen LogP contribution in [0, 0.1) is 35.0 Å². The van der Waals surface area contributed by atoms with Crippen LogP contribution < -0.4 is 0 Å². The molecule has 0 amide bonds. The minimum absolute atomic E-state index is 0.262. The van der Waals surface area contributed by atoms with Gasteiger partial charge in [0.2, 0.25) is 0 Å². The number of ether oxygens (including phenoxy) is 1. The number of terminal acetylenes is 1. The molecule has 1 atom stereocenters. The molecule has 0 spiro atoms. The lowest BCUT2D eigenvalue weighted by molar-refractivity contribution is -0.148. The van der Waals surface area contributed by atoms with Crippen molar-refractivity contribution in [3.05, 3.63) is 0 Å². The summed E-state index contributed by atoms with van der Waals surface area (Å²) >= 11 is 0. The second-order valence-corrected chi connectivity index (χ2v) is 3.18. The molecule has 0 radical (unpaired) electrons. The predicted octanol–water partition coefficient (Wildman–Crippen LogP) is 1.35. The minimum Gasteiger partial charge on any atom is -0.465 e. The zero-order chi connectivity index (χ0) is 10.5. The van der Waals surface area contributed by atoms with Crippen LogP contribution in [0.5, 0.6) is 0 Å². The number of carbonyl (C=O) groups is 1. The molecule has 0 N–H and O–H groups in total. The standard InChI is InChI=1S/C10H13NO2/c1-5-10(3,4)8(7-11)9(12)13-6-2/h1,8H,6H2,2-4H3. The molecule has 0 saturated heterocycles. The van der Waals surface area contributed by atoms with E-state index in [1.807, 2.05) is 6.07 Å². The van der Waals surface area contributed by atoms with Crippen LogP contribution in [0.3, 0.4) is 0 Å². The quantitative estimate of drug-likeness (QED) is 0.485. The molecule has 3 nitrogen and oxygen atoms in total. The molecule has 0 fully saturated rings. The van der Waals surface area contributed by atoms with Crippen molar-refractivity contribution in [2.75, 3.05) is 6.61 Å². The summed E-state index contributed by atoms with van der Waals surface area (Å²) in [7, 11) is 0. The highest BCUT2D eigenvalue weighted by Crippen LogP contribution is 2.26. The number of nitrogens with zero attached hydrogens (tertiary/aromatic N) is 1. The van der Waals surface area contributed by atoms with Gasteiger partial charge in [0, 0.05) is 0 Å². The lowest BCUT2D eigenvalue weighted by Crippen LogP contribution is -2.30. The van der Waals surface area contributed by atoms with E-state index in [1.165, 1.54) is 0 Å². The number of hydrogen-bond donors (Lipinski definition) is 0. The fourth-order valence-electron chi connectivity index (χ4n) is 0.818. The monoisotopic (exact) mass is 179 g/mol. The van der Waals surface area contributed by atoms with Crippen LogP contribution in [-0.4, -0.2) is 12.6 Å². The third-order valence-corrected chi connectivity index (χ3v) is 1.75. The SMILES string of the molecule is C#CC(C)(C)C(C#N)C(=O)OCC. The molecule has 70 valence electrons. The van der Waals surface area contributed by atoms with Gasteiger partial charge in [-0.1, -0.05) is 5.92 Å².